The van der Waals surface area contributed by atoms with Crippen molar-refractivity contribution in [1.29, 1.82) is 0 Å². The van der Waals surface area contributed by atoms with E-state index in [0.29, 0.717) is 16.7 Å². The summed E-state index contributed by atoms with van der Waals surface area (Å²) in [4.78, 5) is 4.41. The van der Waals surface area contributed by atoms with Gasteiger partial charge in [-0.15, -0.1) is 11.8 Å². The van der Waals surface area contributed by atoms with Gasteiger partial charge in [-0.25, -0.2) is 0 Å². The fraction of sp³-hybridized carbons (Fsp3) is 0.429. The summed E-state index contributed by atoms with van der Waals surface area (Å²) in [5.41, 5.74) is 0.880. The zero-order chi connectivity index (χ0) is 14.5. The van der Waals surface area contributed by atoms with Gasteiger partial charge in [-0.05, 0) is 42.9 Å². The Hall–Kier alpha value is -1.04. The van der Waals surface area contributed by atoms with Crippen LogP contribution in [-0.2, 0) is 0 Å². The maximum absolute atomic E-state index is 9.02. The number of nitrogens with zero attached hydrogens (tertiary/aromatic N) is 2. The van der Waals surface area contributed by atoms with Gasteiger partial charge in [0, 0.05) is 17.2 Å². The summed E-state index contributed by atoms with van der Waals surface area (Å²) in [6, 6.07) is 7.33. The number of benzene rings is 1. The van der Waals surface area contributed by atoms with E-state index < -0.39 is 0 Å². The van der Waals surface area contributed by atoms with Gasteiger partial charge in [-0.3, -0.25) is 0 Å². The molecule has 20 heavy (non-hydrogen) atoms. The molecule has 2 aromatic rings. The number of aliphatic hydroxyl groups excluding tert-OH is 1. The number of thioether (sulfide) groups is 1. The van der Waals surface area contributed by atoms with E-state index in [1.54, 1.807) is 23.9 Å². The van der Waals surface area contributed by atoms with E-state index >= 15 is 0 Å². The topological polar surface area (TPSA) is 59.2 Å². The van der Waals surface area contributed by atoms with Gasteiger partial charge in [-0.2, -0.15) is 4.98 Å². The molecule has 0 spiro atoms. The van der Waals surface area contributed by atoms with Crippen molar-refractivity contribution in [3.05, 3.63) is 35.2 Å². The summed E-state index contributed by atoms with van der Waals surface area (Å²) < 4.78 is 5.30. The predicted molar refractivity (Wildman–Crippen MR) is 81.9 cm³/mol. The highest BCUT2D eigenvalue weighted by molar-refractivity contribution is 7.99. The Morgan fingerprint density at radius 1 is 1.30 bits per heavy atom. The van der Waals surface area contributed by atoms with Crippen molar-refractivity contribution in [2.24, 2.45) is 5.92 Å². The summed E-state index contributed by atoms with van der Waals surface area (Å²) >= 11 is 7.55. The smallest absolute Gasteiger partial charge is 0.239 e. The lowest BCUT2D eigenvalue weighted by Gasteiger charge is -2.09. The van der Waals surface area contributed by atoms with Crippen LogP contribution in [0.1, 0.15) is 25.0 Å². The molecule has 2 rings (SSSR count). The maximum atomic E-state index is 9.02. The first-order valence-corrected chi connectivity index (χ1v) is 7.85. The molecule has 0 bridgehead atoms. The zero-order valence-electron chi connectivity index (χ0n) is 11.4. The minimum Gasteiger partial charge on any atom is -0.396 e. The minimum atomic E-state index is 0.109. The molecule has 6 heteroatoms. The van der Waals surface area contributed by atoms with Gasteiger partial charge < -0.3 is 9.63 Å². The molecule has 0 aliphatic heterocycles. The first-order valence-electron chi connectivity index (χ1n) is 6.42. The summed E-state index contributed by atoms with van der Waals surface area (Å²) in [5.74, 6) is 2.29. The monoisotopic (exact) mass is 312 g/mol. The molecule has 1 N–H and O–H groups in total. The van der Waals surface area contributed by atoms with E-state index in [9.17, 15) is 0 Å². The molecular formula is C14H17ClN2O2S. The number of aromatic nitrogens is 2. The van der Waals surface area contributed by atoms with Gasteiger partial charge >= 0.3 is 0 Å². The quantitative estimate of drug-likeness (QED) is 0.879. The molecule has 1 aromatic carbocycles. The van der Waals surface area contributed by atoms with Gasteiger partial charge in [-0.1, -0.05) is 23.7 Å². The fourth-order valence-electron chi connectivity index (χ4n) is 1.55. The highest BCUT2D eigenvalue weighted by Gasteiger charge is 2.16. The van der Waals surface area contributed by atoms with Crippen LogP contribution in [0.25, 0.3) is 11.4 Å². The molecule has 1 heterocycles. The van der Waals surface area contributed by atoms with Crippen LogP contribution in [-0.4, -0.2) is 27.6 Å². The predicted octanol–water partition coefficient (Wildman–Crippen LogP) is 3.81. The molecule has 2 unspecified atom stereocenters. The normalized spacial score (nSPS) is 14.2. The van der Waals surface area contributed by atoms with Gasteiger partial charge in [0.25, 0.3) is 0 Å². The number of hydrogen-bond donors (Lipinski definition) is 1. The molecule has 0 radical (unpaired) electrons. The number of aliphatic hydroxyl groups is 1. The van der Waals surface area contributed by atoms with Crippen molar-refractivity contribution < 1.29 is 9.63 Å². The van der Waals surface area contributed by atoms with Crippen LogP contribution in [0, 0.1) is 5.92 Å². The summed E-state index contributed by atoms with van der Waals surface area (Å²) in [7, 11) is 0. The van der Waals surface area contributed by atoms with E-state index in [1.807, 2.05) is 26.0 Å². The Morgan fingerprint density at radius 3 is 2.65 bits per heavy atom. The Balaban J connectivity index is 2.03. The van der Waals surface area contributed by atoms with Crippen molar-refractivity contribution in [3.8, 4) is 11.4 Å². The second-order valence-corrected chi connectivity index (χ2v) is 6.54. The van der Waals surface area contributed by atoms with Crippen LogP contribution in [0.5, 0.6) is 0 Å². The minimum absolute atomic E-state index is 0.109. The highest BCUT2D eigenvalue weighted by Crippen LogP contribution is 2.30. The van der Waals surface area contributed by atoms with Gasteiger partial charge in [0.15, 0.2) is 0 Å². The second kappa shape index (κ2) is 7.11. The van der Waals surface area contributed by atoms with Crippen molar-refractivity contribution >= 4 is 23.4 Å². The largest absolute Gasteiger partial charge is 0.396 e. The average Bonchev–Trinajstić information content (AvgIpc) is 2.95. The Bertz CT molecular complexity index is 544. The molecule has 108 valence electrons. The van der Waals surface area contributed by atoms with Gasteiger partial charge in [0.2, 0.25) is 11.7 Å². The van der Waals surface area contributed by atoms with Crippen LogP contribution >= 0.6 is 23.4 Å². The van der Waals surface area contributed by atoms with Crippen LogP contribution in [0.4, 0.5) is 0 Å². The molecule has 2 atom stereocenters. The Labute approximate surface area is 127 Å². The molecular weight excluding hydrogens is 296 g/mol. The molecule has 0 aliphatic rings. The van der Waals surface area contributed by atoms with Crippen molar-refractivity contribution in [2.45, 2.75) is 19.1 Å². The zero-order valence-corrected chi connectivity index (χ0v) is 13.0. The van der Waals surface area contributed by atoms with Crippen LogP contribution in [0.3, 0.4) is 0 Å². The third kappa shape index (κ3) is 3.98. The van der Waals surface area contributed by atoms with Gasteiger partial charge in [0.1, 0.15) is 0 Å². The van der Waals surface area contributed by atoms with Crippen molar-refractivity contribution in [2.75, 3.05) is 12.4 Å². The van der Waals surface area contributed by atoms with Crippen LogP contribution in [0.15, 0.2) is 28.8 Å². The Morgan fingerprint density at radius 2 is 2.00 bits per heavy atom. The Kier molecular flexibility index (Phi) is 5.46. The third-order valence-electron chi connectivity index (χ3n) is 2.83. The molecule has 4 nitrogen and oxygen atoms in total. The molecule has 1 aromatic heterocycles. The third-order valence-corrected chi connectivity index (χ3v) is 4.55. The lowest BCUT2D eigenvalue weighted by molar-refractivity contribution is 0.250. The van der Waals surface area contributed by atoms with E-state index in [0.717, 1.165) is 11.3 Å². The number of rotatable bonds is 6. The summed E-state index contributed by atoms with van der Waals surface area (Å²) in [6.07, 6.45) is 0. The molecule has 0 fully saturated rings. The van der Waals surface area contributed by atoms with Gasteiger partial charge in [0.05, 0.1) is 5.25 Å². The maximum Gasteiger partial charge on any atom is 0.239 e. The lowest BCUT2D eigenvalue weighted by atomic mass is 10.2. The van der Waals surface area contributed by atoms with E-state index in [-0.39, 0.29) is 17.8 Å². The number of halogens is 1. The number of hydrogen-bond acceptors (Lipinski definition) is 5. The highest BCUT2D eigenvalue weighted by atomic mass is 35.5. The second-order valence-electron chi connectivity index (χ2n) is 4.73. The van der Waals surface area contributed by atoms with Crippen LogP contribution in [0.2, 0.25) is 5.02 Å². The molecule has 0 aliphatic carbocycles. The SMILES string of the molecule is CC(CO)CSC(C)c1nc(-c2ccc(Cl)cc2)no1. The van der Waals surface area contributed by atoms with E-state index in [2.05, 4.69) is 10.1 Å². The van der Waals surface area contributed by atoms with E-state index in [1.165, 1.54) is 0 Å². The molecule has 0 amide bonds. The average molecular weight is 313 g/mol. The summed E-state index contributed by atoms with van der Waals surface area (Å²) in [5, 5.41) is 13.8. The van der Waals surface area contributed by atoms with E-state index in [4.69, 9.17) is 21.2 Å². The van der Waals surface area contributed by atoms with Crippen molar-refractivity contribution in [1.82, 2.24) is 10.1 Å². The fourth-order valence-corrected chi connectivity index (χ4v) is 2.64. The first-order chi connectivity index (χ1) is 9.60. The summed E-state index contributed by atoms with van der Waals surface area (Å²) in [6.45, 7) is 4.22. The standard InChI is InChI=1S/C14H17ClN2O2S/c1-9(7-18)8-20-10(2)14-16-13(17-19-14)11-3-5-12(15)6-4-11/h3-6,9-10,18H,7-8H2,1-2H3. The molecule has 0 saturated carbocycles. The first kappa shape index (κ1) is 15.4. The van der Waals surface area contributed by atoms with Crippen LogP contribution < -0.4 is 0 Å². The lowest BCUT2D eigenvalue weighted by Crippen LogP contribution is -2.04. The molecule has 0 saturated heterocycles. The van der Waals surface area contributed by atoms with Crippen molar-refractivity contribution in [3.63, 3.8) is 0 Å².